The largest absolute Gasteiger partial charge is 0.416 e. The number of benzene rings is 2. The van der Waals surface area contributed by atoms with Crippen LogP contribution in [0.1, 0.15) is 54.0 Å². The summed E-state index contributed by atoms with van der Waals surface area (Å²) in [7, 11) is 1.57. The Morgan fingerprint density at radius 1 is 0.941 bits per heavy atom. The zero-order chi connectivity index (χ0) is 25.5. The molecule has 1 heterocycles. The smallest absolute Gasteiger partial charge is 0.341 e. The average molecular weight is 487 g/mol. The van der Waals surface area contributed by atoms with Gasteiger partial charge in [-0.1, -0.05) is 24.3 Å². The van der Waals surface area contributed by atoms with E-state index in [9.17, 15) is 31.1 Å². The SMILES string of the molecule is Cc1ccccc1[C@H]1CNCC[C@@H]1N(C)C(=O)C(C)(C)c1cc(C(F)(F)F)cc(C(F)(F)F)c1. The van der Waals surface area contributed by atoms with Gasteiger partial charge in [-0.15, -0.1) is 0 Å². The van der Waals surface area contributed by atoms with Crippen molar-refractivity contribution in [3.05, 3.63) is 70.3 Å². The Balaban J connectivity index is 2.00. The van der Waals surface area contributed by atoms with E-state index in [1.54, 1.807) is 7.05 Å². The molecule has 3 rings (SSSR count). The molecule has 1 aliphatic heterocycles. The predicted octanol–water partition coefficient (Wildman–Crippen LogP) is 5.91. The molecule has 0 aromatic heterocycles. The molecule has 1 N–H and O–H groups in total. The molecule has 0 bridgehead atoms. The predicted molar refractivity (Wildman–Crippen MR) is 117 cm³/mol. The highest BCUT2D eigenvalue weighted by Crippen LogP contribution is 2.40. The van der Waals surface area contributed by atoms with Gasteiger partial charge in [0.1, 0.15) is 0 Å². The van der Waals surface area contributed by atoms with Gasteiger partial charge in [-0.25, -0.2) is 0 Å². The van der Waals surface area contributed by atoms with E-state index in [4.69, 9.17) is 0 Å². The fourth-order valence-corrected chi connectivity index (χ4v) is 4.66. The Morgan fingerprint density at radius 3 is 2.00 bits per heavy atom. The van der Waals surface area contributed by atoms with E-state index in [0.717, 1.165) is 11.1 Å². The normalized spacial score (nSPS) is 19.7. The van der Waals surface area contributed by atoms with Crippen LogP contribution in [-0.4, -0.2) is 37.0 Å². The Hall–Kier alpha value is -2.55. The van der Waals surface area contributed by atoms with Gasteiger partial charge in [0.15, 0.2) is 0 Å². The van der Waals surface area contributed by atoms with Crippen LogP contribution in [0.2, 0.25) is 0 Å². The van der Waals surface area contributed by atoms with E-state index in [-0.39, 0.29) is 23.6 Å². The topological polar surface area (TPSA) is 32.3 Å². The highest BCUT2D eigenvalue weighted by molar-refractivity contribution is 5.87. The Kier molecular flexibility index (Phi) is 7.09. The van der Waals surface area contributed by atoms with Crippen molar-refractivity contribution in [2.24, 2.45) is 0 Å². The van der Waals surface area contributed by atoms with Gasteiger partial charge in [0, 0.05) is 25.6 Å². The number of hydrogen-bond donors (Lipinski definition) is 1. The monoisotopic (exact) mass is 486 g/mol. The molecule has 1 aliphatic rings. The first kappa shape index (κ1) is 26.1. The second kappa shape index (κ2) is 9.24. The van der Waals surface area contributed by atoms with Gasteiger partial charge in [0.2, 0.25) is 5.91 Å². The fraction of sp³-hybridized carbons (Fsp3) is 0.480. The van der Waals surface area contributed by atoms with Gasteiger partial charge in [-0.3, -0.25) is 4.79 Å². The molecule has 1 fully saturated rings. The number of likely N-dealkylation sites (N-methyl/N-ethyl adjacent to an activating group) is 1. The van der Waals surface area contributed by atoms with E-state index in [2.05, 4.69) is 5.32 Å². The van der Waals surface area contributed by atoms with Crippen molar-refractivity contribution in [3.63, 3.8) is 0 Å². The zero-order valence-electron chi connectivity index (χ0n) is 19.4. The number of halogens is 6. The third-order valence-electron chi connectivity index (χ3n) is 6.70. The van der Waals surface area contributed by atoms with Crippen LogP contribution >= 0.6 is 0 Å². The number of amides is 1. The summed E-state index contributed by atoms with van der Waals surface area (Å²) < 4.78 is 80.3. The van der Waals surface area contributed by atoms with Crippen LogP contribution in [0.15, 0.2) is 42.5 Å². The number of carbonyl (C=O) groups is 1. The first-order valence-corrected chi connectivity index (χ1v) is 11.0. The second-order valence-corrected chi connectivity index (χ2v) is 9.36. The number of alkyl halides is 6. The maximum atomic E-state index is 13.6. The maximum Gasteiger partial charge on any atom is 0.416 e. The van der Waals surface area contributed by atoms with Gasteiger partial charge in [-0.2, -0.15) is 26.3 Å². The van der Waals surface area contributed by atoms with Crippen molar-refractivity contribution in [1.29, 1.82) is 0 Å². The van der Waals surface area contributed by atoms with Crippen molar-refractivity contribution >= 4 is 5.91 Å². The molecule has 2 aromatic carbocycles. The molecular formula is C25H28F6N2O. The van der Waals surface area contributed by atoms with E-state index in [1.165, 1.54) is 18.7 Å². The summed E-state index contributed by atoms with van der Waals surface area (Å²) in [5.74, 6) is -0.600. The summed E-state index contributed by atoms with van der Waals surface area (Å²) in [4.78, 5) is 15.1. The van der Waals surface area contributed by atoms with Gasteiger partial charge >= 0.3 is 12.4 Å². The first-order valence-electron chi connectivity index (χ1n) is 11.0. The quantitative estimate of drug-likeness (QED) is 0.545. The highest BCUT2D eigenvalue weighted by atomic mass is 19.4. The minimum atomic E-state index is -4.98. The summed E-state index contributed by atoms with van der Waals surface area (Å²) >= 11 is 0. The third-order valence-corrected chi connectivity index (χ3v) is 6.70. The minimum Gasteiger partial charge on any atom is -0.341 e. The Labute approximate surface area is 195 Å². The number of nitrogens with zero attached hydrogens (tertiary/aromatic N) is 1. The summed E-state index contributed by atoms with van der Waals surface area (Å²) in [6.45, 7) is 5.95. The van der Waals surface area contributed by atoms with Crippen LogP contribution < -0.4 is 5.32 Å². The van der Waals surface area contributed by atoms with Crippen molar-refractivity contribution in [1.82, 2.24) is 10.2 Å². The molecule has 3 nitrogen and oxygen atoms in total. The second-order valence-electron chi connectivity index (χ2n) is 9.36. The molecule has 0 unspecified atom stereocenters. The zero-order valence-corrected chi connectivity index (χ0v) is 19.4. The lowest BCUT2D eigenvalue weighted by Gasteiger charge is -2.42. The standard InChI is InChI=1S/C25H28F6N2O/c1-15-7-5-6-8-19(15)20-14-32-10-9-21(20)33(4)22(34)23(2,3)16-11-17(24(26,27)28)13-18(12-16)25(29,30)31/h5-8,11-13,20-21,32H,9-10,14H2,1-4H3/t20-,21+/m1/s1. The molecule has 0 radical (unpaired) electrons. The molecule has 9 heteroatoms. The Bertz CT molecular complexity index is 1010. The number of piperidine rings is 1. The molecule has 0 aliphatic carbocycles. The van der Waals surface area contributed by atoms with Crippen LogP contribution in [0.4, 0.5) is 26.3 Å². The summed E-state index contributed by atoms with van der Waals surface area (Å²) in [5, 5.41) is 3.31. The van der Waals surface area contributed by atoms with Gasteiger partial charge in [0.25, 0.3) is 0 Å². The molecule has 2 atom stereocenters. The van der Waals surface area contributed by atoms with Crippen molar-refractivity contribution < 1.29 is 31.1 Å². The number of hydrogen-bond acceptors (Lipinski definition) is 2. The van der Waals surface area contributed by atoms with Crippen molar-refractivity contribution in [2.45, 2.75) is 56.9 Å². The lowest BCUT2D eigenvalue weighted by molar-refractivity contribution is -0.144. The van der Waals surface area contributed by atoms with E-state index in [1.807, 2.05) is 31.2 Å². The maximum absolute atomic E-state index is 13.6. The van der Waals surface area contributed by atoms with Crippen molar-refractivity contribution in [2.75, 3.05) is 20.1 Å². The van der Waals surface area contributed by atoms with Crippen LogP contribution in [0.3, 0.4) is 0 Å². The van der Waals surface area contributed by atoms with Crippen LogP contribution in [0.5, 0.6) is 0 Å². The van der Waals surface area contributed by atoms with Gasteiger partial charge < -0.3 is 10.2 Å². The summed E-state index contributed by atoms with van der Waals surface area (Å²) in [5.41, 5.74) is -2.70. The minimum absolute atomic E-state index is 0.0630. The number of rotatable bonds is 4. The Morgan fingerprint density at radius 2 is 1.47 bits per heavy atom. The third kappa shape index (κ3) is 5.24. The molecule has 1 saturated heterocycles. The van der Waals surface area contributed by atoms with E-state index < -0.39 is 34.8 Å². The fourth-order valence-electron chi connectivity index (χ4n) is 4.66. The summed E-state index contributed by atoms with van der Waals surface area (Å²) in [6, 6.07) is 8.86. The summed E-state index contributed by atoms with van der Waals surface area (Å²) in [6.07, 6.45) is -9.36. The van der Waals surface area contributed by atoms with Gasteiger partial charge in [0.05, 0.1) is 16.5 Å². The lowest BCUT2D eigenvalue weighted by Crippen LogP contribution is -2.53. The van der Waals surface area contributed by atoms with Crippen LogP contribution in [-0.2, 0) is 22.6 Å². The lowest BCUT2D eigenvalue weighted by atomic mass is 9.79. The molecule has 0 spiro atoms. The first-order chi connectivity index (χ1) is 15.6. The number of carbonyl (C=O) groups excluding carboxylic acids is 1. The average Bonchev–Trinajstić information content (AvgIpc) is 2.77. The van der Waals surface area contributed by atoms with Crippen molar-refractivity contribution in [3.8, 4) is 0 Å². The molecular weight excluding hydrogens is 458 g/mol. The van der Waals surface area contributed by atoms with E-state index in [0.29, 0.717) is 31.6 Å². The van der Waals surface area contributed by atoms with E-state index >= 15 is 0 Å². The molecule has 34 heavy (non-hydrogen) atoms. The van der Waals surface area contributed by atoms with Crippen LogP contribution in [0.25, 0.3) is 0 Å². The molecule has 2 aromatic rings. The number of nitrogens with one attached hydrogen (secondary N) is 1. The van der Waals surface area contributed by atoms with Crippen LogP contribution in [0, 0.1) is 6.92 Å². The molecule has 0 saturated carbocycles. The highest BCUT2D eigenvalue weighted by Gasteiger charge is 2.43. The molecule has 1 amide bonds. The molecule has 186 valence electrons. The number of aryl methyl sites for hydroxylation is 1. The van der Waals surface area contributed by atoms with Gasteiger partial charge in [-0.05, 0) is 68.6 Å².